The van der Waals surface area contributed by atoms with Crippen molar-refractivity contribution in [3.8, 4) is 0 Å². The van der Waals surface area contributed by atoms with E-state index in [-0.39, 0.29) is 12.0 Å². The molecule has 0 amide bonds. The summed E-state index contributed by atoms with van der Waals surface area (Å²) in [4.78, 5) is 10.7. The van der Waals surface area contributed by atoms with Crippen molar-refractivity contribution in [1.82, 2.24) is 5.32 Å². The first-order valence-corrected chi connectivity index (χ1v) is 3.99. The Labute approximate surface area is 73.2 Å². The standard InChI is InChI=1S/C8H17NO3/c1-7(6-11-2)9-5-4-8(10)12-3/h7,9H,4-6H2,1-3H3. The molecular weight excluding hydrogens is 158 g/mol. The fraction of sp³-hybridized carbons (Fsp3) is 0.875. The van der Waals surface area contributed by atoms with Crippen LogP contribution < -0.4 is 5.32 Å². The van der Waals surface area contributed by atoms with E-state index >= 15 is 0 Å². The summed E-state index contributed by atoms with van der Waals surface area (Å²) < 4.78 is 9.39. The van der Waals surface area contributed by atoms with Crippen LogP contribution in [0.25, 0.3) is 0 Å². The van der Waals surface area contributed by atoms with Gasteiger partial charge in [0.25, 0.3) is 0 Å². The van der Waals surface area contributed by atoms with E-state index in [4.69, 9.17) is 4.74 Å². The molecule has 72 valence electrons. The third-order valence-electron chi connectivity index (χ3n) is 1.47. The molecule has 12 heavy (non-hydrogen) atoms. The average Bonchev–Trinajstić information content (AvgIpc) is 2.04. The van der Waals surface area contributed by atoms with Gasteiger partial charge in [-0.15, -0.1) is 0 Å². The molecule has 0 aliphatic heterocycles. The maximum atomic E-state index is 10.7. The van der Waals surface area contributed by atoms with Gasteiger partial charge >= 0.3 is 5.97 Å². The van der Waals surface area contributed by atoms with Gasteiger partial charge in [0.1, 0.15) is 0 Å². The molecule has 0 aliphatic rings. The molecule has 4 nitrogen and oxygen atoms in total. The first kappa shape index (κ1) is 11.4. The van der Waals surface area contributed by atoms with E-state index < -0.39 is 0 Å². The van der Waals surface area contributed by atoms with Crippen LogP contribution in [0.4, 0.5) is 0 Å². The van der Waals surface area contributed by atoms with Crippen molar-refractivity contribution in [3.63, 3.8) is 0 Å². The number of esters is 1. The number of ether oxygens (including phenoxy) is 2. The molecule has 0 aromatic rings. The fourth-order valence-corrected chi connectivity index (χ4v) is 0.832. The largest absolute Gasteiger partial charge is 0.469 e. The summed E-state index contributed by atoms with van der Waals surface area (Å²) >= 11 is 0. The molecule has 1 unspecified atom stereocenters. The number of methoxy groups -OCH3 is 2. The van der Waals surface area contributed by atoms with Crippen LogP contribution in [0.3, 0.4) is 0 Å². The van der Waals surface area contributed by atoms with E-state index in [9.17, 15) is 4.79 Å². The first-order chi connectivity index (χ1) is 5.70. The first-order valence-electron chi connectivity index (χ1n) is 3.99. The Bertz CT molecular complexity index is 127. The maximum Gasteiger partial charge on any atom is 0.306 e. The van der Waals surface area contributed by atoms with E-state index in [0.29, 0.717) is 19.6 Å². The van der Waals surface area contributed by atoms with Gasteiger partial charge in [0.05, 0.1) is 20.1 Å². The van der Waals surface area contributed by atoms with Gasteiger partial charge in [0, 0.05) is 19.7 Å². The Hall–Kier alpha value is -0.610. The highest BCUT2D eigenvalue weighted by Gasteiger charge is 2.02. The van der Waals surface area contributed by atoms with Crippen LogP contribution in [-0.2, 0) is 14.3 Å². The number of hydrogen-bond acceptors (Lipinski definition) is 4. The minimum atomic E-state index is -0.188. The predicted octanol–water partition coefficient (Wildman–Crippen LogP) is 0.174. The van der Waals surface area contributed by atoms with Gasteiger partial charge in [-0.25, -0.2) is 0 Å². The molecule has 0 spiro atoms. The number of rotatable bonds is 6. The average molecular weight is 175 g/mol. The van der Waals surface area contributed by atoms with Crippen LogP contribution >= 0.6 is 0 Å². The summed E-state index contributed by atoms with van der Waals surface area (Å²) in [5.74, 6) is -0.188. The van der Waals surface area contributed by atoms with E-state index in [1.807, 2.05) is 6.92 Å². The molecule has 0 radical (unpaired) electrons. The molecule has 0 bridgehead atoms. The highest BCUT2D eigenvalue weighted by Crippen LogP contribution is 1.85. The number of carbonyl (C=O) groups is 1. The highest BCUT2D eigenvalue weighted by atomic mass is 16.5. The monoisotopic (exact) mass is 175 g/mol. The number of nitrogens with one attached hydrogen (secondary N) is 1. The van der Waals surface area contributed by atoms with Gasteiger partial charge in [-0.2, -0.15) is 0 Å². The van der Waals surface area contributed by atoms with Crippen molar-refractivity contribution in [1.29, 1.82) is 0 Å². The van der Waals surface area contributed by atoms with Crippen molar-refractivity contribution in [3.05, 3.63) is 0 Å². The van der Waals surface area contributed by atoms with Crippen molar-refractivity contribution in [2.24, 2.45) is 0 Å². The van der Waals surface area contributed by atoms with E-state index in [1.54, 1.807) is 7.11 Å². The Balaban J connectivity index is 3.24. The lowest BCUT2D eigenvalue weighted by Gasteiger charge is -2.11. The number of carbonyl (C=O) groups excluding carboxylic acids is 1. The lowest BCUT2D eigenvalue weighted by Crippen LogP contribution is -2.32. The highest BCUT2D eigenvalue weighted by molar-refractivity contribution is 5.69. The molecule has 0 fully saturated rings. The Kier molecular flexibility index (Phi) is 6.70. The van der Waals surface area contributed by atoms with Gasteiger partial charge in [0.15, 0.2) is 0 Å². The van der Waals surface area contributed by atoms with Crippen molar-refractivity contribution in [2.45, 2.75) is 19.4 Å². The summed E-state index contributed by atoms with van der Waals surface area (Å²) in [6.07, 6.45) is 0.407. The lowest BCUT2D eigenvalue weighted by molar-refractivity contribution is -0.140. The van der Waals surface area contributed by atoms with Gasteiger partial charge in [-0.05, 0) is 6.92 Å². The van der Waals surface area contributed by atoms with Crippen LogP contribution in [-0.4, -0.2) is 39.4 Å². The zero-order valence-corrected chi connectivity index (χ0v) is 7.92. The molecular formula is C8H17NO3. The van der Waals surface area contributed by atoms with Gasteiger partial charge in [-0.3, -0.25) is 4.79 Å². The number of hydrogen-bond donors (Lipinski definition) is 1. The van der Waals surface area contributed by atoms with Crippen molar-refractivity contribution >= 4 is 5.97 Å². The summed E-state index contributed by atoms with van der Waals surface area (Å²) in [7, 11) is 3.04. The molecule has 0 saturated carbocycles. The molecule has 0 aromatic heterocycles. The van der Waals surface area contributed by atoms with Gasteiger partial charge in [-0.1, -0.05) is 0 Å². The zero-order valence-electron chi connectivity index (χ0n) is 7.92. The Morgan fingerprint density at radius 3 is 2.67 bits per heavy atom. The third kappa shape index (κ3) is 6.12. The van der Waals surface area contributed by atoms with Crippen LogP contribution in [0.5, 0.6) is 0 Å². The molecule has 1 N–H and O–H groups in total. The molecule has 0 rings (SSSR count). The van der Waals surface area contributed by atoms with E-state index in [2.05, 4.69) is 10.1 Å². The van der Waals surface area contributed by atoms with E-state index in [1.165, 1.54) is 7.11 Å². The molecule has 0 heterocycles. The quantitative estimate of drug-likeness (QED) is 0.585. The SMILES string of the molecule is COCC(C)NCCC(=O)OC. The molecule has 0 aliphatic carbocycles. The smallest absolute Gasteiger partial charge is 0.306 e. The van der Waals surface area contributed by atoms with Crippen LogP contribution in [0.1, 0.15) is 13.3 Å². The van der Waals surface area contributed by atoms with Crippen LogP contribution in [0.2, 0.25) is 0 Å². The Morgan fingerprint density at radius 1 is 1.50 bits per heavy atom. The van der Waals surface area contributed by atoms with Gasteiger partial charge in [0.2, 0.25) is 0 Å². The molecule has 1 atom stereocenters. The van der Waals surface area contributed by atoms with Crippen molar-refractivity contribution in [2.75, 3.05) is 27.4 Å². The third-order valence-corrected chi connectivity index (χ3v) is 1.47. The lowest BCUT2D eigenvalue weighted by atomic mass is 10.3. The summed E-state index contributed by atoms with van der Waals surface area (Å²) in [5.41, 5.74) is 0. The van der Waals surface area contributed by atoms with Crippen LogP contribution in [0.15, 0.2) is 0 Å². The minimum Gasteiger partial charge on any atom is -0.469 e. The van der Waals surface area contributed by atoms with Crippen molar-refractivity contribution < 1.29 is 14.3 Å². The van der Waals surface area contributed by atoms with Crippen LogP contribution in [0, 0.1) is 0 Å². The molecule has 0 aromatic carbocycles. The second-order valence-corrected chi connectivity index (χ2v) is 2.64. The summed E-state index contributed by atoms with van der Waals surface area (Å²) in [5, 5.41) is 3.12. The zero-order chi connectivity index (χ0) is 9.40. The summed E-state index contributed by atoms with van der Waals surface area (Å²) in [6.45, 7) is 3.29. The van der Waals surface area contributed by atoms with E-state index in [0.717, 1.165) is 0 Å². The minimum absolute atomic E-state index is 0.188. The van der Waals surface area contributed by atoms with Gasteiger partial charge < -0.3 is 14.8 Å². The Morgan fingerprint density at radius 2 is 2.17 bits per heavy atom. The second kappa shape index (κ2) is 7.06. The molecule has 4 heteroatoms. The predicted molar refractivity (Wildman–Crippen MR) is 46.0 cm³/mol. The topological polar surface area (TPSA) is 47.6 Å². The maximum absolute atomic E-state index is 10.7. The fourth-order valence-electron chi connectivity index (χ4n) is 0.832. The summed E-state index contributed by atoms with van der Waals surface area (Å²) in [6, 6.07) is 0.277. The normalized spacial score (nSPS) is 12.6. The second-order valence-electron chi connectivity index (χ2n) is 2.64. The molecule has 0 saturated heterocycles.